The number of carbonyl (C=O) groups excluding carboxylic acids is 2. The van der Waals surface area contributed by atoms with Crippen molar-refractivity contribution in [3.05, 3.63) is 82.4 Å². The highest BCUT2D eigenvalue weighted by atomic mass is 35.5. The summed E-state index contributed by atoms with van der Waals surface area (Å²) in [5.74, 6) is -0.0351. The summed E-state index contributed by atoms with van der Waals surface area (Å²) >= 11 is 6.62. The van der Waals surface area contributed by atoms with Crippen molar-refractivity contribution in [2.24, 2.45) is 0 Å². The number of anilines is 1. The summed E-state index contributed by atoms with van der Waals surface area (Å²) in [5, 5.41) is 0.323. The number of likely N-dealkylation sites (tertiary alicyclic amines) is 1. The van der Waals surface area contributed by atoms with E-state index >= 15 is 4.79 Å². The minimum absolute atomic E-state index is 0.0836. The first kappa shape index (κ1) is 33.7. The molecule has 12 heteroatoms. The fraction of sp³-hybridized carbons (Fsp3) is 0.412. The van der Waals surface area contributed by atoms with E-state index in [1.807, 2.05) is 30.1 Å². The molecule has 0 aromatic heterocycles. The molecule has 0 aliphatic carbocycles. The van der Waals surface area contributed by atoms with E-state index in [0.29, 0.717) is 59.6 Å². The molecule has 0 spiro atoms. The van der Waals surface area contributed by atoms with E-state index in [9.17, 15) is 13.2 Å². The lowest BCUT2D eigenvalue weighted by Gasteiger charge is -2.42. The van der Waals surface area contributed by atoms with Gasteiger partial charge in [0, 0.05) is 49.4 Å². The molecular formula is C34H41ClN4O6S. The maximum absolute atomic E-state index is 15.3. The first-order valence-corrected chi connectivity index (χ1v) is 17.0. The van der Waals surface area contributed by atoms with Gasteiger partial charge in [-0.15, -0.1) is 0 Å². The minimum atomic E-state index is -4.44. The van der Waals surface area contributed by atoms with Gasteiger partial charge in [-0.1, -0.05) is 23.7 Å². The zero-order valence-electron chi connectivity index (χ0n) is 27.3. The third-order valence-electron chi connectivity index (χ3n) is 9.04. The zero-order chi connectivity index (χ0) is 33.6. The van der Waals surface area contributed by atoms with Gasteiger partial charge in [-0.25, -0.2) is 12.7 Å². The van der Waals surface area contributed by atoms with E-state index in [0.717, 1.165) is 9.87 Å². The van der Waals surface area contributed by atoms with Gasteiger partial charge in [-0.2, -0.15) is 0 Å². The predicted molar refractivity (Wildman–Crippen MR) is 178 cm³/mol. The molecule has 5 rings (SSSR count). The smallest absolute Gasteiger partial charge is 0.271 e. The second-order valence-corrected chi connectivity index (χ2v) is 14.5. The largest absolute Gasteiger partial charge is 0.497 e. The zero-order valence-corrected chi connectivity index (χ0v) is 28.9. The second kappa shape index (κ2) is 12.9. The van der Waals surface area contributed by atoms with E-state index in [4.69, 9.17) is 21.1 Å². The van der Waals surface area contributed by atoms with E-state index in [1.54, 1.807) is 32.3 Å². The number of amides is 2. The van der Waals surface area contributed by atoms with Crippen LogP contribution in [0.1, 0.15) is 43.4 Å². The Morgan fingerprint density at radius 1 is 1.00 bits per heavy atom. The summed E-state index contributed by atoms with van der Waals surface area (Å²) in [6.07, 6.45) is 1.12. The van der Waals surface area contributed by atoms with Gasteiger partial charge in [-0.05, 0) is 87.8 Å². The molecule has 3 aromatic rings. The van der Waals surface area contributed by atoms with Crippen molar-refractivity contribution in [2.75, 3.05) is 46.2 Å². The number of hydrogen-bond donors (Lipinski definition) is 0. The van der Waals surface area contributed by atoms with Gasteiger partial charge in [0.05, 0.1) is 30.8 Å². The van der Waals surface area contributed by atoms with E-state index < -0.39 is 27.5 Å². The van der Waals surface area contributed by atoms with Crippen LogP contribution in [-0.2, 0) is 31.7 Å². The summed E-state index contributed by atoms with van der Waals surface area (Å²) in [5.41, 5.74) is 0.171. The van der Waals surface area contributed by atoms with E-state index in [1.165, 1.54) is 43.4 Å². The average Bonchev–Trinajstić information content (AvgIpc) is 3.61. The molecule has 246 valence electrons. The van der Waals surface area contributed by atoms with Gasteiger partial charge >= 0.3 is 0 Å². The first-order valence-electron chi connectivity index (χ1n) is 15.2. The highest BCUT2D eigenvalue weighted by Gasteiger charge is 2.63. The van der Waals surface area contributed by atoms with Crippen LogP contribution >= 0.6 is 11.6 Å². The molecule has 0 saturated carbocycles. The monoisotopic (exact) mass is 668 g/mol. The number of halogens is 1. The molecule has 1 fully saturated rings. The Kier molecular flexibility index (Phi) is 9.43. The Hall–Kier alpha value is -3.64. The van der Waals surface area contributed by atoms with Crippen molar-refractivity contribution in [3.8, 4) is 11.5 Å². The summed E-state index contributed by atoms with van der Waals surface area (Å²) in [7, 11) is 3.95. The number of hydrogen-bond acceptors (Lipinski definition) is 8. The number of ether oxygens (including phenoxy) is 2. The average molecular weight is 669 g/mol. The van der Waals surface area contributed by atoms with Crippen LogP contribution < -0.4 is 13.8 Å². The minimum Gasteiger partial charge on any atom is -0.497 e. The van der Waals surface area contributed by atoms with Gasteiger partial charge in [0.25, 0.3) is 15.9 Å². The molecule has 2 heterocycles. The standard InChI is InChI=1S/C34H41ClN4O6S/c1-22(2)37(5)21-23-10-16-27(31(19-23)45-7)34(38-18-8-9-30(38)32(40)36(3)4)28-20-24(35)11-17-29(28)39(33(34)41)46(42,43)26-14-12-25(44-6)13-15-26/h10-17,19-20,22,30H,8-9,18,21H2,1-7H3/t30-,34?/m0/s1. The lowest BCUT2D eigenvalue weighted by molar-refractivity contribution is -0.138. The lowest BCUT2D eigenvalue weighted by Crippen LogP contribution is -2.59. The van der Waals surface area contributed by atoms with Crippen LogP contribution in [0.4, 0.5) is 5.69 Å². The normalized spacial score (nSPS) is 20.0. The predicted octanol–water partition coefficient (Wildman–Crippen LogP) is 4.73. The molecule has 46 heavy (non-hydrogen) atoms. The Balaban J connectivity index is 1.81. The van der Waals surface area contributed by atoms with Crippen molar-refractivity contribution < 1.29 is 27.5 Å². The number of nitrogens with zero attached hydrogens (tertiary/aromatic N) is 4. The van der Waals surface area contributed by atoms with Gasteiger partial charge in [0.2, 0.25) is 5.91 Å². The summed E-state index contributed by atoms with van der Waals surface area (Å²) in [6.45, 7) is 5.19. The molecular weight excluding hydrogens is 628 g/mol. The summed E-state index contributed by atoms with van der Waals surface area (Å²) in [4.78, 5) is 34.5. The number of carbonyl (C=O) groups is 2. The van der Waals surface area contributed by atoms with Crippen LogP contribution in [0.15, 0.2) is 65.6 Å². The van der Waals surface area contributed by atoms with Crippen LogP contribution in [-0.4, -0.2) is 88.9 Å². The number of rotatable bonds is 10. The third-order valence-corrected chi connectivity index (χ3v) is 11.0. The topological polar surface area (TPSA) is 99.7 Å². The molecule has 2 amide bonds. The third kappa shape index (κ3) is 5.53. The molecule has 1 saturated heterocycles. The number of fused-ring (bicyclic) bond motifs is 1. The highest BCUT2D eigenvalue weighted by molar-refractivity contribution is 7.93. The molecule has 2 aliphatic rings. The molecule has 2 atom stereocenters. The van der Waals surface area contributed by atoms with E-state index in [2.05, 4.69) is 18.7 Å². The van der Waals surface area contributed by atoms with Crippen molar-refractivity contribution in [2.45, 2.75) is 55.8 Å². The van der Waals surface area contributed by atoms with Gasteiger partial charge in [-0.3, -0.25) is 19.4 Å². The molecule has 10 nitrogen and oxygen atoms in total. The fourth-order valence-corrected chi connectivity index (χ4v) is 8.09. The molecule has 1 unspecified atom stereocenters. The highest BCUT2D eigenvalue weighted by Crippen LogP contribution is 2.55. The summed E-state index contributed by atoms with van der Waals surface area (Å²) in [6, 6.07) is 15.9. The Morgan fingerprint density at radius 2 is 1.70 bits per heavy atom. The maximum Gasteiger partial charge on any atom is 0.271 e. The molecule has 3 aromatic carbocycles. The van der Waals surface area contributed by atoms with Gasteiger partial charge in [0.1, 0.15) is 11.5 Å². The lowest BCUT2D eigenvalue weighted by atomic mass is 9.80. The first-order chi connectivity index (χ1) is 21.8. The SMILES string of the molecule is COc1ccc(S(=O)(=O)N2C(=O)C(c3ccc(CN(C)C(C)C)cc3OC)(N3CCC[C@H]3C(=O)N(C)C)c3cc(Cl)ccc32)cc1. The molecule has 0 radical (unpaired) electrons. The van der Waals surface area contributed by atoms with E-state index in [-0.39, 0.29) is 16.5 Å². The maximum atomic E-state index is 15.3. The van der Waals surface area contributed by atoms with Crippen molar-refractivity contribution >= 4 is 39.1 Å². The molecule has 2 aliphatic heterocycles. The number of sulfonamides is 1. The fourth-order valence-electron chi connectivity index (χ4n) is 6.46. The van der Waals surface area contributed by atoms with Crippen molar-refractivity contribution in [1.82, 2.24) is 14.7 Å². The molecule has 0 bridgehead atoms. The van der Waals surface area contributed by atoms with Crippen LogP contribution in [0.5, 0.6) is 11.5 Å². The second-order valence-electron chi connectivity index (χ2n) is 12.2. The van der Waals surface area contributed by atoms with Gasteiger partial charge in [0.15, 0.2) is 5.54 Å². The molecule has 0 N–H and O–H groups in total. The Labute approximate surface area is 276 Å². The number of benzene rings is 3. The number of likely N-dealkylation sites (N-methyl/N-ethyl adjacent to an activating group) is 1. The Bertz CT molecular complexity index is 1750. The van der Waals surface area contributed by atoms with Crippen LogP contribution in [0.25, 0.3) is 0 Å². The van der Waals surface area contributed by atoms with Crippen molar-refractivity contribution in [3.63, 3.8) is 0 Å². The number of methoxy groups -OCH3 is 2. The van der Waals surface area contributed by atoms with Crippen molar-refractivity contribution in [1.29, 1.82) is 0 Å². The van der Waals surface area contributed by atoms with Crippen LogP contribution in [0.3, 0.4) is 0 Å². The summed E-state index contributed by atoms with van der Waals surface area (Å²) < 4.78 is 41.0. The van der Waals surface area contributed by atoms with Crippen LogP contribution in [0, 0.1) is 0 Å². The quantitative estimate of drug-likeness (QED) is 0.306. The van der Waals surface area contributed by atoms with Crippen LogP contribution in [0.2, 0.25) is 5.02 Å². The Morgan fingerprint density at radius 3 is 2.30 bits per heavy atom. The van der Waals surface area contributed by atoms with Gasteiger partial charge < -0.3 is 14.4 Å².